The van der Waals surface area contributed by atoms with E-state index < -0.39 is 23.0 Å². The highest BCUT2D eigenvalue weighted by Gasteiger charge is 2.30. The first-order valence-electron chi connectivity index (χ1n) is 10.5. The first-order valence-corrected chi connectivity index (χ1v) is 12.7. The molecule has 2 atom stereocenters. The van der Waals surface area contributed by atoms with E-state index in [0.29, 0.717) is 27.1 Å². The van der Waals surface area contributed by atoms with Gasteiger partial charge in [0, 0.05) is 17.2 Å². The maximum absolute atomic E-state index is 13.3. The van der Waals surface area contributed by atoms with E-state index in [0.717, 1.165) is 17.3 Å². The van der Waals surface area contributed by atoms with E-state index in [2.05, 4.69) is 15.3 Å². The van der Waals surface area contributed by atoms with Gasteiger partial charge in [-0.1, -0.05) is 29.8 Å². The van der Waals surface area contributed by atoms with Gasteiger partial charge >= 0.3 is 0 Å². The molecular weight excluding hydrogens is 507 g/mol. The highest BCUT2D eigenvalue weighted by atomic mass is 35.5. The first-order chi connectivity index (χ1) is 16.9. The lowest BCUT2D eigenvalue weighted by molar-refractivity contribution is -0.125. The van der Waals surface area contributed by atoms with Gasteiger partial charge in [0.25, 0.3) is 0 Å². The Kier molecular flexibility index (Phi) is 8.12. The summed E-state index contributed by atoms with van der Waals surface area (Å²) in [6.45, 7) is 0. The number of nitrogens with one attached hydrogen (secondary N) is 1. The van der Waals surface area contributed by atoms with Crippen LogP contribution in [0, 0.1) is 5.95 Å². The second-order valence-electron chi connectivity index (χ2n) is 7.55. The van der Waals surface area contributed by atoms with Gasteiger partial charge in [0.05, 0.1) is 22.6 Å². The van der Waals surface area contributed by atoms with Gasteiger partial charge < -0.3 is 11.1 Å². The van der Waals surface area contributed by atoms with Crippen LogP contribution in [-0.4, -0.2) is 26.9 Å². The number of pyridine rings is 2. The van der Waals surface area contributed by atoms with E-state index in [-0.39, 0.29) is 12.2 Å². The van der Waals surface area contributed by atoms with Crippen LogP contribution in [0.2, 0.25) is 5.02 Å². The standard InChI is InChI=1S/C25H20ClFN4O2S2/c26-18-4-1-2-6-21(18)35-24(25(28)33)20(32)12-17(15-10-11-34-14-15)19-5-3-7-23(31-19)30-16-8-9-22(27)29-13-16/h1-11,13-14,17,24H,12H2,(H2,28,33)(H,30,31). The SMILES string of the molecule is NC(=O)C(Sc1ccccc1Cl)C(=O)CC(c1ccsc1)c1cccc(Nc2ccc(F)nc2)n1. The number of aromatic nitrogens is 2. The van der Waals surface area contributed by atoms with Crippen LogP contribution in [0.3, 0.4) is 0 Å². The molecule has 0 spiro atoms. The minimum absolute atomic E-state index is 0.0242. The number of hydrogen-bond donors (Lipinski definition) is 2. The van der Waals surface area contributed by atoms with Crippen molar-refractivity contribution in [2.45, 2.75) is 22.5 Å². The summed E-state index contributed by atoms with van der Waals surface area (Å²) in [5, 5.41) is 6.31. The van der Waals surface area contributed by atoms with Crippen molar-refractivity contribution in [3.8, 4) is 0 Å². The normalized spacial score (nSPS) is 12.6. The van der Waals surface area contributed by atoms with Crippen molar-refractivity contribution >= 4 is 57.9 Å². The average Bonchev–Trinajstić information content (AvgIpc) is 3.38. The molecule has 178 valence electrons. The Labute approximate surface area is 214 Å². The summed E-state index contributed by atoms with van der Waals surface area (Å²) in [6, 6.07) is 17.1. The molecule has 3 heterocycles. The maximum atomic E-state index is 13.3. The van der Waals surface area contributed by atoms with Crippen LogP contribution in [0.15, 0.2) is 82.5 Å². The smallest absolute Gasteiger partial charge is 0.238 e. The molecule has 4 rings (SSSR count). The van der Waals surface area contributed by atoms with Gasteiger partial charge in [0.1, 0.15) is 11.1 Å². The monoisotopic (exact) mass is 526 g/mol. The summed E-state index contributed by atoms with van der Waals surface area (Å²) in [5.74, 6) is -1.50. The molecule has 35 heavy (non-hydrogen) atoms. The van der Waals surface area contributed by atoms with Gasteiger partial charge in [-0.15, -0.1) is 11.8 Å². The molecule has 3 aromatic heterocycles. The summed E-state index contributed by atoms with van der Waals surface area (Å²) >= 11 is 8.78. The largest absolute Gasteiger partial charge is 0.368 e. The van der Waals surface area contributed by atoms with E-state index in [9.17, 15) is 14.0 Å². The zero-order valence-electron chi connectivity index (χ0n) is 18.2. The van der Waals surface area contributed by atoms with Crippen molar-refractivity contribution in [1.82, 2.24) is 9.97 Å². The van der Waals surface area contributed by atoms with E-state index in [1.165, 1.54) is 23.6 Å². The zero-order chi connectivity index (χ0) is 24.8. The van der Waals surface area contributed by atoms with Crippen molar-refractivity contribution < 1.29 is 14.0 Å². The fraction of sp³-hybridized carbons (Fsp3) is 0.120. The number of thioether (sulfide) groups is 1. The quantitative estimate of drug-likeness (QED) is 0.154. The number of benzene rings is 1. The van der Waals surface area contributed by atoms with E-state index in [1.54, 1.807) is 36.4 Å². The molecular formula is C25H20ClFN4O2S2. The number of Topliss-reactive ketones (excluding diaryl/α,β-unsaturated/α-hetero) is 1. The third kappa shape index (κ3) is 6.45. The summed E-state index contributed by atoms with van der Waals surface area (Å²) in [4.78, 5) is 34.5. The Balaban J connectivity index is 1.59. The van der Waals surface area contributed by atoms with E-state index in [1.807, 2.05) is 29.0 Å². The number of hydrogen-bond acceptors (Lipinski definition) is 7. The summed E-state index contributed by atoms with van der Waals surface area (Å²) in [5.41, 5.74) is 7.73. The molecule has 10 heteroatoms. The molecule has 0 fully saturated rings. The molecule has 3 N–H and O–H groups in total. The predicted molar refractivity (Wildman–Crippen MR) is 138 cm³/mol. The van der Waals surface area contributed by atoms with Crippen LogP contribution in [-0.2, 0) is 9.59 Å². The number of halogens is 2. The Bertz CT molecular complexity index is 1320. The molecule has 1 aromatic carbocycles. The lowest BCUT2D eigenvalue weighted by atomic mass is 9.91. The van der Waals surface area contributed by atoms with Gasteiger partial charge in [-0.2, -0.15) is 15.7 Å². The summed E-state index contributed by atoms with van der Waals surface area (Å²) in [7, 11) is 0. The van der Waals surface area contributed by atoms with Crippen molar-refractivity contribution in [2.24, 2.45) is 5.73 Å². The van der Waals surface area contributed by atoms with Gasteiger partial charge in [-0.05, 0) is 58.8 Å². The maximum Gasteiger partial charge on any atom is 0.238 e. The lowest BCUT2D eigenvalue weighted by Crippen LogP contribution is -2.34. The van der Waals surface area contributed by atoms with Crippen LogP contribution in [0.1, 0.15) is 23.6 Å². The van der Waals surface area contributed by atoms with Gasteiger partial charge in [-0.3, -0.25) is 9.59 Å². The molecule has 0 aliphatic heterocycles. The summed E-state index contributed by atoms with van der Waals surface area (Å²) < 4.78 is 13.1. The second-order valence-corrected chi connectivity index (χ2v) is 9.89. The van der Waals surface area contributed by atoms with E-state index >= 15 is 0 Å². The Hall–Kier alpha value is -3.27. The second kappa shape index (κ2) is 11.4. The molecule has 0 aliphatic rings. The van der Waals surface area contributed by atoms with Gasteiger partial charge in [-0.25, -0.2) is 9.97 Å². The number of anilines is 2. The van der Waals surface area contributed by atoms with Gasteiger partial charge in [0.15, 0.2) is 5.78 Å². The van der Waals surface area contributed by atoms with Crippen molar-refractivity contribution in [2.75, 3.05) is 5.32 Å². The third-order valence-corrected chi connectivity index (χ3v) is 7.59. The van der Waals surface area contributed by atoms with Gasteiger partial charge in [0.2, 0.25) is 11.9 Å². The number of carbonyl (C=O) groups is 2. The Morgan fingerprint density at radius 3 is 2.63 bits per heavy atom. The third-order valence-electron chi connectivity index (χ3n) is 5.11. The molecule has 1 amide bonds. The first kappa shape index (κ1) is 24.8. The number of primary amides is 1. The Morgan fingerprint density at radius 2 is 1.94 bits per heavy atom. The van der Waals surface area contributed by atoms with Crippen molar-refractivity contribution in [3.63, 3.8) is 0 Å². The topological polar surface area (TPSA) is 98.0 Å². The molecule has 6 nitrogen and oxygen atoms in total. The minimum Gasteiger partial charge on any atom is -0.368 e. The van der Waals surface area contributed by atoms with Crippen molar-refractivity contribution in [3.05, 3.63) is 99.8 Å². The van der Waals surface area contributed by atoms with Crippen LogP contribution in [0.25, 0.3) is 0 Å². The number of amides is 1. The number of nitrogens with two attached hydrogens (primary N) is 1. The molecule has 0 saturated carbocycles. The highest BCUT2D eigenvalue weighted by molar-refractivity contribution is 8.01. The average molecular weight is 527 g/mol. The number of ketones is 1. The van der Waals surface area contributed by atoms with Crippen LogP contribution >= 0.6 is 34.7 Å². The molecule has 0 radical (unpaired) electrons. The van der Waals surface area contributed by atoms with Crippen LogP contribution < -0.4 is 11.1 Å². The Morgan fingerprint density at radius 1 is 1.11 bits per heavy atom. The van der Waals surface area contributed by atoms with Crippen LogP contribution in [0.4, 0.5) is 15.9 Å². The molecule has 0 aliphatic carbocycles. The number of nitrogens with zero attached hydrogens (tertiary/aromatic N) is 2. The molecule has 0 bridgehead atoms. The predicted octanol–water partition coefficient (Wildman–Crippen LogP) is 5.81. The fourth-order valence-corrected chi connectivity index (χ4v) is 5.36. The number of rotatable bonds is 10. The van der Waals surface area contributed by atoms with Crippen LogP contribution in [0.5, 0.6) is 0 Å². The van der Waals surface area contributed by atoms with Crippen molar-refractivity contribution in [1.29, 1.82) is 0 Å². The number of thiophene rings is 1. The molecule has 0 saturated heterocycles. The minimum atomic E-state index is -1.09. The molecule has 2 unspecified atom stereocenters. The van der Waals surface area contributed by atoms with E-state index in [4.69, 9.17) is 17.3 Å². The number of carbonyl (C=O) groups excluding carboxylic acids is 2. The highest BCUT2D eigenvalue weighted by Crippen LogP contribution is 2.35. The molecule has 4 aromatic rings. The lowest BCUT2D eigenvalue weighted by Gasteiger charge is -2.19. The summed E-state index contributed by atoms with van der Waals surface area (Å²) in [6.07, 6.45) is 1.39. The zero-order valence-corrected chi connectivity index (χ0v) is 20.6. The fourth-order valence-electron chi connectivity index (χ4n) is 3.44.